The minimum Gasteiger partial charge on any atom is -0.368 e. The lowest BCUT2D eigenvalue weighted by Gasteiger charge is -2.38. The molecule has 0 unspecified atom stereocenters. The van der Waals surface area contributed by atoms with Gasteiger partial charge in [0.1, 0.15) is 0 Å². The Morgan fingerprint density at radius 2 is 1.21 bits per heavy atom. The van der Waals surface area contributed by atoms with E-state index in [1.807, 2.05) is 0 Å². The van der Waals surface area contributed by atoms with Crippen LogP contribution in [0.4, 0.5) is 17.1 Å². The second-order valence-corrected chi connectivity index (χ2v) is 9.39. The van der Waals surface area contributed by atoms with Gasteiger partial charge in [-0.1, -0.05) is 53.6 Å². The standard InChI is InChI=1S/C29H36N4/c1-20-16-22(3)27(23(4)17-20)30-29(31-28-24(5)18-21(2)19-25(28)6)33-14-12-32(13-15-33)26-10-8-7-9-11-26/h7-11,16-19H,12-15H2,1-6H3,(H,30,31). The summed E-state index contributed by atoms with van der Waals surface area (Å²) in [5.74, 6) is 0.938. The number of piperazine rings is 1. The molecule has 4 nitrogen and oxygen atoms in total. The van der Waals surface area contributed by atoms with E-state index in [4.69, 9.17) is 4.99 Å². The lowest BCUT2D eigenvalue weighted by molar-refractivity contribution is 0.385. The van der Waals surface area contributed by atoms with Gasteiger partial charge in [-0.3, -0.25) is 0 Å². The molecule has 33 heavy (non-hydrogen) atoms. The topological polar surface area (TPSA) is 30.9 Å². The summed E-state index contributed by atoms with van der Waals surface area (Å²) in [6, 6.07) is 19.6. The van der Waals surface area contributed by atoms with Crippen molar-refractivity contribution in [2.45, 2.75) is 41.5 Å². The first-order valence-corrected chi connectivity index (χ1v) is 11.9. The number of guanidine groups is 1. The van der Waals surface area contributed by atoms with Gasteiger partial charge in [0.25, 0.3) is 0 Å². The fraction of sp³-hybridized carbons (Fsp3) is 0.345. The van der Waals surface area contributed by atoms with Crippen molar-refractivity contribution in [1.29, 1.82) is 0 Å². The summed E-state index contributed by atoms with van der Waals surface area (Å²) in [4.78, 5) is 10.1. The van der Waals surface area contributed by atoms with E-state index in [1.54, 1.807) is 0 Å². The minimum atomic E-state index is 0.925. The van der Waals surface area contributed by atoms with Gasteiger partial charge in [0.2, 0.25) is 5.96 Å². The quantitative estimate of drug-likeness (QED) is 0.375. The number of anilines is 2. The van der Waals surface area contributed by atoms with Crippen molar-refractivity contribution in [2.24, 2.45) is 4.99 Å². The van der Waals surface area contributed by atoms with Crippen LogP contribution < -0.4 is 10.2 Å². The number of hydrogen-bond donors (Lipinski definition) is 1. The molecule has 0 atom stereocenters. The van der Waals surface area contributed by atoms with Gasteiger partial charge >= 0.3 is 0 Å². The van der Waals surface area contributed by atoms with Gasteiger partial charge in [0, 0.05) is 37.6 Å². The Morgan fingerprint density at radius 1 is 0.697 bits per heavy atom. The minimum absolute atomic E-state index is 0.925. The SMILES string of the molecule is Cc1cc(C)c(N=C(Nc2c(C)cc(C)cc2C)N2CCN(c3ccccc3)CC2)c(C)c1. The summed E-state index contributed by atoms with van der Waals surface area (Å²) in [6.07, 6.45) is 0. The van der Waals surface area contributed by atoms with E-state index in [9.17, 15) is 0 Å². The third kappa shape index (κ3) is 5.22. The van der Waals surface area contributed by atoms with E-state index < -0.39 is 0 Å². The second-order valence-electron chi connectivity index (χ2n) is 9.39. The van der Waals surface area contributed by atoms with Crippen molar-refractivity contribution < 1.29 is 0 Å². The van der Waals surface area contributed by atoms with Crippen molar-refractivity contribution in [1.82, 2.24) is 4.90 Å². The van der Waals surface area contributed by atoms with Crippen molar-refractivity contribution in [3.05, 3.63) is 88.0 Å². The molecule has 0 amide bonds. The van der Waals surface area contributed by atoms with E-state index in [0.717, 1.165) is 43.5 Å². The lowest BCUT2D eigenvalue weighted by atomic mass is 10.0. The van der Waals surface area contributed by atoms with Crippen LogP contribution in [-0.4, -0.2) is 37.0 Å². The average molecular weight is 441 g/mol. The molecule has 0 aliphatic carbocycles. The smallest absolute Gasteiger partial charge is 0.203 e. The monoisotopic (exact) mass is 440 g/mol. The molecule has 0 aromatic heterocycles. The summed E-state index contributed by atoms with van der Waals surface area (Å²) >= 11 is 0. The number of aliphatic imine (C=N–C) groups is 1. The number of aryl methyl sites for hydroxylation is 6. The second kappa shape index (κ2) is 9.70. The lowest BCUT2D eigenvalue weighted by Crippen LogP contribution is -2.50. The maximum Gasteiger partial charge on any atom is 0.203 e. The third-order valence-corrected chi connectivity index (χ3v) is 6.47. The van der Waals surface area contributed by atoms with Gasteiger partial charge in [0.05, 0.1) is 5.69 Å². The van der Waals surface area contributed by atoms with Crippen LogP contribution in [0.3, 0.4) is 0 Å². The van der Waals surface area contributed by atoms with E-state index >= 15 is 0 Å². The maximum absolute atomic E-state index is 5.23. The van der Waals surface area contributed by atoms with Crippen LogP contribution in [0.15, 0.2) is 59.6 Å². The third-order valence-electron chi connectivity index (χ3n) is 6.47. The molecular formula is C29H36N4. The van der Waals surface area contributed by atoms with Gasteiger partial charge < -0.3 is 15.1 Å². The van der Waals surface area contributed by atoms with Crippen LogP contribution in [0.2, 0.25) is 0 Å². The highest BCUT2D eigenvalue weighted by molar-refractivity contribution is 5.97. The van der Waals surface area contributed by atoms with Crippen molar-refractivity contribution in [2.75, 3.05) is 36.4 Å². The predicted octanol–water partition coefficient (Wildman–Crippen LogP) is 6.46. The van der Waals surface area contributed by atoms with Crippen molar-refractivity contribution >= 4 is 23.0 Å². The number of benzene rings is 3. The number of para-hydroxylation sites is 1. The first-order valence-electron chi connectivity index (χ1n) is 11.9. The van der Waals surface area contributed by atoms with Crippen molar-refractivity contribution in [3.8, 4) is 0 Å². The molecule has 0 spiro atoms. The van der Waals surface area contributed by atoms with Crippen LogP contribution in [0.5, 0.6) is 0 Å². The molecule has 1 heterocycles. The first kappa shape index (κ1) is 22.9. The van der Waals surface area contributed by atoms with Crippen LogP contribution in [0, 0.1) is 41.5 Å². The predicted molar refractivity (Wildman–Crippen MR) is 142 cm³/mol. The highest BCUT2D eigenvalue weighted by atomic mass is 15.3. The zero-order valence-electron chi connectivity index (χ0n) is 20.9. The van der Waals surface area contributed by atoms with E-state index in [0.29, 0.717) is 0 Å². The Kier molecular flexibility index (Phi) is 6.73. The van der Waals surface area contributed by atoms with Crippen LogP contribution in [-0.2, 0) is 0 Å². The van der Waals surface area contributed by atoms with Crippen molar-refractivity contribution in [3.63, 3.8) is 0 Å². The van der Waals surface area contributed by atoms with Gasteiger partial charge in [-0.15, -0.1) is 0 Å². The number of hydrogen-bond acceptors (Lipinski definition) is 2. The number of nitrogens with one attached hydrogen (secondary N) is 1. The Morgan fingerprint density at radius 3 is 1.76 bits per heavy atom. The fourth-order valence-electron chi connectivity index (χ4n) is 4.94. The molecule has 3 aromatic rings. The first-order chi connectivity index (χ1) is 15.8. The molecular weight excluding hydrogens is 404 g/mol. The molecule has 1 saturated heterocycles. The normalized spacial score (nSPS) is 14.5. The van der Waals surface area contributed by atoms with Gasteiger partial charge in [0.15, 0.2) is 0 Å². The molecule has 0 saturated carbocycles. The maximum atomic E-state index is 5.23. The molecule has 1 aliphatic rings. The Bertz CT molecular complexity index is 1110. The molecule has 0 radical (unpaired) electrons. The Hall–Kier alpha value is -3.27. The zero-order chi connectivity index (χ0) is 23.5. The van der Waals surface area contributed by atoms with Gasteiger partial charge in [-0.2, -0.15) is 0 Å². The molecule has 172 valence electrons. The van der Waals surface area contributed by atoms with E-state index in [2.05, 4.69) is 111 Å². The van der Waals surface area contributed by atoms with Crippen LogP contribution in [0.25, 0.3) is 0 Å². The van der Waals surface area contributed by atoms with Gasteiger partial charge in [-0.25, -0.2) is 4.99 Å². The molecule has 1 aliphatic heterocycles. The molecule has 4 heteroatoms. The molecule has 1 fully saturated rings. The highest BCUT2D eigenvalue weighted by Crippen LogP contribution is 2.28. The number of rotatable bonds is 3. The van der Waals surface area contributed by atoms with Crippen LogP contribution in [0.1, 0.15) is 33.4 Å². The molecule has 1 N–H and O–H groups in total. The van der Waals surface area contributed by atoms with Crippen LogP contribution >= 0.6 is 0 Å². The molecule has 3 aromatic carbocycles. The summed E-state index contributed by atoms with van der Waals surface area (Å²) in [5, 5.41) is 3.74. The van der Waals surface area contributed by atoms with E-state index in [-0.39, 0.29) is 0 Å². The zero-order valence-corrected chi connectivity index (χ0v) is 20.9. The Labute approximate surface area is 199 Å². The summed E-state index contributed by atoms with van der Waals surface area (Å²) < 4.78 is 0. The summed E-state index contributed by atoms with van der Waals surface area (Å²) in [5.41, 5.74) is 11.0. The molecule has 4 rings (SSSR count). The average Bonchev–Trinajstić information content (AvgIpc) is 2.78. The number of nitrogens with zero attached hydrogens (tertiary/aromatic N) is 3. The largest absolute Gasteiger partial charge is 0.368 e. The Balaban J connectivity index is 1.67. The summed E-state index contributed by atoms with van der Waals surface area (Å²) in [6.45, 7) is 16.8. The highest BCUT2D eigenvalue weighted by Gasteiger charge is 2.22. The van der Waals surface area contributed by atoms with Gasteiger partial charge in [-0.05, 0) is 75.9 Å². The van der Waals surface area contributed by atoms with E-state index in [1.165, 1.54) is 39.1 Å². The molecule has 0 bridgehead atoms. The summed E-state index contributed by atoms with van der Waals surface area (Å²) in [7, 11) is 0. The fourth-order valence-corrected chi connectivity index (χ4v) is 4.94.